The molecular formula is C11H8ClN3S. The number of rotatable bonds is 1. The van der Waals surface area contributed by atoms with E-state index in [1.54, 1.807) is 11.3 Å². The lowest BCUT2D eigenvalue weighted by Gasteiger charge is -1.94. The van der Waals surface area contributed by atoms with Gasteiger partial charge in [0, 0.05) is 16.0 Å². The Morgan fingerprint density at radius 2 is 2.25 bits per heavy atom. The standard InChI is InChI=1S/C11H8ClN3S/c1-7-6-16-11-13-10(14-15(7)11)8-3-2-4-9(12)5-8/h2-6H,1H3. The number of nitrogens with zero attached hydrogens (tertiary/aromatic N) is 3. The summed E-state index contributed by atoms with van der Waals surface area (Å²) < 4.78 is 1.85. The third kappa shape index (κ3) is 1.50. The number of aryl methyl sites for hydroxylation is 1. The third-order valence-electron chi connectivity index (χ3n) is 2.33. The van der Waals surface area contributed by atoms with Crippen molar-refractivity contribution in [3.63, 3.8) is 0 Å². The van der Waals surface area contributed by atoms with E-state index >= 15 is 0 Å². The molecule has 0 aliphatic carbocycles. The van der Waals surface area contributed by atoms with E-state index in [4.69, 9.17) is 11.6 Å². The summed E-state index contributed by atoms with van der Waals surface area (Å²) in [6.07, 6.45) is 0. The molecule has 0 N–H and O–H groups in total. The summed E-state index contributed by atoms with van der Waals surface area (Å²) >= 11 is 7.53. The quantitative estimate of drug-likeness (QED) is 0.662. The van der Waals surface area contributed by atoms with E-state index in [1.807, 2.05) is 41.1 Å². The SMILES string of the molecule is Cc1csc2nc(-c3cccc(Cl)c3)nn12. The predicted octanol–water partition coefficient (Wildman–Crippen LogP) is 3.42. The van der Waals surface area contributed by atoms with Gasteiger partial charge in [0.05, 0.1) is 5.69 Å². The highest BCUT2D eigenvalue weighted by molar-refractivity contribution is 7.15. The van der Waals surface area contributed by atoms with Gasteiger partial charge in [-0.15, -0.1) is 16.4 Å². The van der Waals surface area contributed by atoms with Crippen molar-refractivity contribution < 1.29 is 0 Å². The zero-order valence-electron chi connectivity index (χ0n) is 8.51. The molecule has 0 unspecified atom stereocenters. The lowest BCUT2D eigenvalue weighted by Crippen LogP contribution is -1.86. The summed E-state index contributed by atoms with van der Waals surface area (Å²) in [6, 6.07) is 7.57. The molecule has 0 amide bonds. The Hall–Kier alpha value is -1.39. The van der Waals surface area contributed by atoms with E-state index in [1.165, 1.54) is 0 Å². The molecule has 0 spiro atoms. The van der Waals surface area contributed by atoms with Crippen LogP contribution in [-0.4, -0.2) is 14.6 Å². The lowest BCUT2D eigenvalue weighted by atomic mass is 10.2. The smallest absolute Gasteiger partial charge is 0.208 e. The highest BCUT2D eigenvalue weighted by Gasteiger charge is 2.09. The van der Waals surface area contributed by atoms with Crippen molar-refractivity contribution in [3.05, 3.63) is 40.4 Å². The fourth-order valence-electron chi connectivity index (χ4n) is 1.54. The van der Waals surface area contributed by atoms with Crippen molar-refractivity contribution in [1.29, 1.82) is 0 Å². The van der Waals surface area contributed by atoms with Gasteiger partial charge >= 0.3 is 0 Å². The molecule has 80 valence electrons. The first-order valence-electron chi connectivity index (χ1n) is 4.81. The zero-order valence-corrected chi connectivity index (χ0v) is 10.1. The average molecular weight is 250 g/mol. The maximum atomic E-state index is 5.94. The first-order valence-corrected chi connectivity index (χ1v) is 6.06. The van der Waals surface area contributed by atoms with E-state index in [0.717, 1.165) is 22.0 Å². The van der Waals surface area contributed by atoms with Crippen LogP contribution in [0.25, 0.3) is 16.3 Å². The first kappa shape index (κ1) is 9.81. The molecule has 2 heterocycles. The summed E-state index contributed by atoms with van der Waals surface area (Å²) in [4.78, 5) is 5.37. The molecular weight excluding hydrogens is 242 g/mol. The summed E-state index contributed by atoms with van der Waals surface area (Å²) in [5.41, 5.74) is 2.04. The third-order valence-corrected chi connectivity index (χ3v) is 3.50. The molecule has 0 bridgehead atoms. The topological polar surface area (TPSA) is 30.2 Å². The first-order chi connectivity index (χ1) is 7.74. The highest BCUT2D eigenvalue weighted by atomic mass is 35.5. The monoisotopic (exact) mass is 249 g/mol. The van der Waals surface area contributed by atoms with Crippen LogP contribution in [0.2, 0.25) is 5.02 Å². The van der Waals surface area contributed by atoms with Crippen molar-refractivity contribution in [2.24, 2.45) is 0 Å². The van der Waals surface area contributed by atoms with Crippen LogP contribution in [-0.2, 0) is 0 Å². The molecule has 1 aromatic carbocycles. The van der Waals surface area contributed by atoms with Gasteiger partial charge in [0.15, 0.2) is 5.82 Å². The summed E-state index contributed by atoms with van der Waals surface area (Å²) in [7, 11) is 0. The molecule has 0 radical (unpaired) electrons. The number of fused-ring (bicyclic) bond motifs is 1. The lowest BCUT2D eigenvalue weighted by molar-refractivity contribution is 0.936. The summed E-state index contributed by atoms with van der Waals surface area (Å²) in [6.45, 7) is 2.01. The highest BCUT2D eigenvalue weighted by Crippen LogP contribution is 2.22. The molecule has 0 aliphatic rings. The second kappa shape index (κ2) is 3.57. The average Bonchev–Trinajstić information content (AvgIpc) is 2.81. The van der Waals surface area contributed by atoms with Gasteiger partial charge in [0.1, 0.15) is 0 Å². The Bertz CT molecular complexity index is 656. The van der Waals surface area contributed by atoms with Gasteiger partial charge in [-0.2, -0.15) is 4.98 Å². The number of thiazole rings is 1. The molecule has 3 aromatic rings. The number of halogens is 1. The maximum absolute atomic E-state index is 5.94. The van der Waals surface area contributed by atoms with Crippen LogP contribution in [0.15, 0.2) is 29.6 Å². The Morgan fingerprint density at radius 3 is 3.00 bits per heavy atom. The van der Waals surface area contributed by atoms with Crippen LogP contribution in [0.4, 0.5) is 0 Å². The number of hydrogen-bond acceptors (Lipinski definition) is 3. The number of benzene rings is 1. The van der Waals surface area contributed by atoms with Gasteiger partial charge < -0.3 is 0 Å². The Kier molecular flexibility index (Phi) is 2.19. The molecule has 5 heteroatoms. The van der Waals surface area contributed by atoms with Crippen molar-refractivity contribution in [2.75, 3.05) is 0 Å². The zero-order chi connectivity index (χ0) is 11.1. The van der Waals surface area contributed by atoms with Gasteiger partial charge in [-0.25, -0.2) is 4.52 Å². The van der Waals surface area contributed by atoms with Crippen LogP contribution < -0.4 is 0 Å². The minimum absolute atomic E-state index is 0.701. The molecule has 2 aromatic heterocycles. The molecule has 3 rings (SSSR count). The van der Waals surface area contributed by atoms with E-state index < -0.39 is 0 Å². The van der Waals surface area contributed by atoms with Crippen molar-refractivity contribution in [1.82, 2.24) is 14.6 Å². The molecule has 0 saturated heterocycles. The molecule has 0 atom stereocenters. The van der Waals surface area contributed by atoms with Gasteiger partial charge in [0.25, 0.3) is 0 Å². The van der Waals surface area contributed by atoms with Gasteiger partial charge in [-0.3, -0.25) is 0 Å². The largest absolute Gasteiger partial charge is 0.212 e. The minimum Gasteiger partial charge on any atom is -0.208 e. The fourth-order valence-corrected chi connectivity index (χ4v) is 2.53. The number of hydrogen-bond donors (Lipinski definition) is 0. The molecule has 16 heavy (non-hydrogen) atoms. The van der Waals surface area contributed by atoms with Crippen LogP contribution in [0.1, 0.15) is 5.69 Å². The Labute approximate surface area is 101 Å². The van der Waals surface area contributed by atoms with Crippen molar-refractivity contribution in [2.45, 2.75) is 6.92 Å². The molecule has 0 saturated carbocycles. The van der Waals surface area contributed by atoms with Gasteiger partial charge in [-0.1, -0.05) is 23.7 Å². The van der Waals surface area contributed by atoms with E-state index in [2.05, 4.69) is 10.1 Å². The normalized spacial score (nSPS) is 11.1. The summed E-state index contributed by atoms with van der Waals surface area (Å²) in [5.74, 6) is 0.720. The van der Waals surface area contributed by atoms with Crippen LogP contribution >= 0.6 is 22.9 Å². The van der Waals surface area contributed by atoms with Crippen LogP contribution in [0, 0.1) is 6.92 Å². The van der Waals surface area contributed by atoms with E-state index in [0.29, 0.717) is 5.02 Å². The molecule has 0 aliphatic heterocycles. The summed E-state index contributed by atoms with van der Waals surface area (Å²) in [5, 5.41) is 7.18. The van der Waals surface area contributed by atoms with E-state index in [-0.39, 0.29) is 0 Å². The molecule has 3 nitrogen and oxygen atoms in total. The second-order valence-corrected chi connectivity index (χ2v) is 4.79. The van der Waals surface area contributed by atoms with Gasteiger partial charge in [0.2, 0.25) is 4.96 Å². The van der Waals surface area contributed by atoms with Crippen LogP contribution in [0.3, 0.4) is 0 Å². The van der Waals surface area contributed by atoms with Crippen molar-refractivity contribution >= 4 is 27.9 Å². The molecule has 0 fully saturated rings. The Balaban J connectivity index is 2.19. The minimum atomic E-state index is 0.701. The van der Waals surface area contributed by atoms with E-state index in [9.17, 15) is 0 Å². The maximum Gasteiger partial charge on any atom is 0.212 e. The fraction of sp³-hybridized carbons (Fsp3) is 0.0909. The van der Waals surface area contributed by atoms with Crippen LogP contribution in [0.5, 0.6) is 0 Å². The second-order valence-electron chi connectivity index (χ2n) is 3.52. The Morgan fingerprint density at radius 1 is 1.38 bits per heavy atom. The number of aromatic nitrogens is 3. The van der Waals surface area contributed by atoms with Gasteiger partial charge in [-0.05, 0) is 19.1 Å². The predicted molar refractivity (Wildman–Crippen MR) is 66.0 cm³/mol. The van der Waals surface area contributed by atoms with Crippen molar-refractivity contribution in [3.8, 4) is 11.4 Å².